The van der Waals surface area contributed by atoms with Crippen molar-refractivity contribution in [1.29, 1.82) is 0 Å². The maximum Gasteiger partial charge on any atom is 0.243 e. The number of hydrogen-bond acceptors (Lipinski definition) is 4. The van der Waals surface area contributed by atoms with E-state index in [1.165, 1.54) is 4.31 Å². The number of sulfonamides is 1. The molecule has 1 aliphatic heterocycles. The van der Waals surface area contributed by atoms with E-state index < -0.39 is 10.0 Å². The number of piperazine rings is 1. The number of carbonyl (C=O) groups is 1. The quantitative estimate of drug-likeness (QED) is 0.782. The minimum atomic E-state index is -3.70. The van der Waals surface area contributed by atoms with E-state index in [1.807, 2.05) is 19.9 Å². The first kappa shape index (κ1) is 20.9. The van der Waals surface area contributed by atoms with Gasteiger partial charge in [-0.3, -0.25) is 4.79 Å². The van der Waals surface area contributed by atoms with Crippen LogP contribution >= 0.6 is 0 Å². The van der Waals surface area contributed by atoms with E-state index in [0.29, 0.717) is 25.6 Å². The fraction of sp³-hybridized carbons (Fsp3) is 0.632. The van der Waals surface area contributed by atoms with Crippen molar-refractivity contribution in [2.75, 3.05) is 39.3 Å². The van der Waals surface area contributed by atoms with Crippen LogP contribution in [0, 0.1) is 19.8 Å². The molecule has 0 saturated carbocycles. The largest absolute Gasteiger partial charge is 0.339 e. The van der Waals surface area contributed by atoms with Gasteiger partial charge in [-0.25, -0.2) is 8.42 Å². The average molecular weight is 382 g/mol. The van der Waals surface area contributed by atoms with Gasteiger partial charge in [0.15, 0.2) is 0 Å². The molecule has 1 saturated heterocycles. The number of rotatable bonds is 7. The van der Waals surface area contributed by atoms with Crippen LogP contribution in [0.15, 0.2) is 23.1 Å². The van der Waals surface area contributed by atoms with E-state index in [1.54, 1.807) is 17.0 Å². The molecule has 1 fully saturated rings. The van der Waals surface area contributed by atoms with Crippen molar-refractivity contribution in [3.05, 3.63) is 29.3 Å². The van der Waals surface area contributed by atoms with Gasteiger partial charge in [-0.1, -0.05) is 19.9 Å². The molecule has 6 nitrogen and oxygen atoms in total. The molecule has 0 aromatic heterocycles. The second-order valence-corrected chi connectivity index (χ2v) is 9.34. The summed E-state index contributed by atoms with van der Waals surface area (Å²) in [7, 11) is -3.70. The molecule has 1 N–H and O–H groups in total. The average Bonchev–Trinajstić information content (AvgIpc) is 2.61. The van der Waals surface area contributed by atoms with Gasteiger partial charge in [0.25, 0.3) is 0 Å². The van der Waals surface area contributed by atoms with Crippen LogP contribution in [-0.2, 0) is 14.8 Å². The normalized spacial score (nSPS) is 15.7. The Morgan fingerprint density at radius 2 is 1.85 bits per heavy atom. The highest BCUT2D eigenvalue weighted by atomic mass is 32.2. The van der Waals surface area contributed by atoms with Gasteiger partial charge in [0.05, 0.1) is 11.4 Å². The summed E-state index contributed by atoms with van der Waals surface area (Å²) in [5, 5.41) is 3.20. The molecule has 2 rings (SSSR count). The van der Waals surface area contributed by atoms with Crippen molar-refractivity contribution in [1.82, 2.24) is 14.5 Å². The first-order chi connectivity index (χ1) is 12.2. The van der Waals surface area contributed by atoms with Gasteiger partial charge in [-0.15, -0.1) is 0 Å². The first-order valence-corrected chi connectivity index (χ1v) is 10.7. The summed E-state index contributed by atoms with van der Waals surface area (Å²) in [5.41, 5.74) is 1.98. The molecule has 26 heavy (non-hydrogen) atoms. The maximum atomic E-state index is 13.2. The second kappa shape index (κ2) is 8.97. The van der Waals surface area contributed by atoms with Crippen LogP contribution in [0.1, 0.15) is 31.4 Å². The zero-order chi connectivity index (χ0) is 19.3. The number of hydrogen-bond donors (Lipinski definition) is 1. The molecule has 7 heteroatoms. The SMILES string of the molecule is Cc1ccc(S(=O)(=O)N(CCC(C)C)CC(=O)N2CCNCC2)cc1C. The maximum absolute atomic E-state index is 13.2. The van der Waals surface area contributed by atoms with Crippen molar-refractivity contribution in [3.63, 3.8) is 0 Å². The van der Waals surface area contributed by atoms with Crippen molar-refractivity contribution in [2.45, 2.75) is 39.0 Å². The molecule has 1 aromatic rings. The molecule has 0 atom stereocenters. The fourth-order valence-electron chi connectivity index (χ4n) is 2.87. The van der Waals surface area contributed by atoms with E-state index in [0.717, 1.165) is 30.6 Å². The standard InChI is InChI=1S/C19H31N3O3S/c1-15(2)7-10-22(14-19(23)21-11-8-20-9-12-21)26(24,25)18-6-5-16(3)17(4)13-18/h5-6,13,15,20H,7-12,14H2,1-4H3. The molecule has 1 aromatic carbocycles. The molecule has 0 unspecified atom stereocenters. The van der Waals surface area contributed by atoms with E-state index in [9.17, 15) is 13.2 Å². The van der Waals surface area contributed by atoms with Crippen LogP contribution in [0.2, 0.25) is 0 Å². The predicted octanol–water partition coefficient (Wildman–Crippen LogP) is 1.77. The number of benzene rings is 1. The molecule has 0 bridgehead atoms. The summed E-state index contributed by atoms with van der Waals surface area (Å²) in [5.74, 6) is 0.240. The Bertz CT molecular complexity index is 726. The summed E-state index contributed by atoms with van der Waals surface area (Å²) < 4.78 is 27.7. The Kier molecular flexibility index (Phi) is 7.20. The van der Waals surface area contributed by atoms with Gasteiger partial charge in [0, 0.05) is 32.7 Å². The third-order valence-corrected chi connectivity index (χ3v) is 6.69. The number of nitrogens with zero attached hydrogens (tertiary/aromatic N) is 2. The molecule has 0 radical (unpaired) electrons. The van der Waals surface area contributed by atoms with E-state index >= 15 is 0 Å². The zero-order valence-corrected chi connectivity index (χ0v) is 17.1. The van der Waals surface area contributed by atoms with Crippen molar-refractivity contribution < 1.29 is 13.2 Å². The van der Waals surface area contributed by atoms with Crippen LogP contribution in [0.3, 0.4) is 0 Å². The minimum Gasteiger partial charge on any atom is -0.339 e. The Hall–Kier alpha value is -1.44. The highest BCUT2D eigenvalue weighted by Crippen LogP contribution is 2.20. The number of aryl methyl sites for hydroxylation is 2. The lowest BCUT2D eigenvalue weighted by molar-refractivity contribution is -0.132. The Morgan fingerprint density at radius 3 is 2.42 bits per heavy atom. The lowest BCUT2D eigenvalue weighted by atomic mass is 10.1. The Labute approximate surface area is 157 Å². The number of nitrogens with one attached hydrogen (secondary N) is 1. The van der Waals surface area contributed by atoms with Crippen LogP contribution in [0.25, 0.3) is 0 Å². The molecule has 0 spiro atoms. The third-order valence-electron chi connectivity index (χ3n) is 4.85. The molecule has 1 heterocycles. The Balaban J connectivity index is 2.23. The van der Waals surface area contributed by atoms with Gasteiger partial charge in [0.1, 0.15) is 0 Å². The van der Waals surface area contributed by atoms with Crippen molar-refractivity contribution >= 4 is 15.9 Å². The van der Waals surface area contributed by atoms with Crippen LogP contribution in [-0.4, -0.2) is 62.8 Å². The van der Waals surface area contributed by atoms with E-state index in [-0.39, 0.29) is 17.3 Å². The highest BCUT2D eigenvalue weighted by Gasteiger charge is 2.29. The molecule has 146 valence electrons. The molecule has 1 aliphatic rings. The summed E-state index contributed by atoms with van der Waals surface area (Å²) in [4.78, 5) is 14.7. The van der Waals surface area contributed by atoms with Crippen LogP contribution in [0.4, 0.5) is 0 Å². The van der Waals surface area contributed by atoms with E-state index in [4.69, 9.17) is 0 Å². The van der Waals surface area contributed by atoms with Gasteiger partial charge < -0.3 is 10.2 Å². The van der Waals surface area contributed by atoms with Gasteiger partial charge in [-0.05, 0) is 49.4 Å². The summed E-state index contributed by atoms with van der Waals surface area (Å²) in [6, 6.07) is 5.15. The van der Waals surface area contributed by atoms with Crippen LogP contribution in [0.5, 0.6) is 0 Å². The molecule has 0 aliphatic carbocycles. The molecular formula is C19H31N3O3S. The number of amides is 1. The van der Waals surface area contributed by atoms with E-state index in [2.05, 4.69) is 19.2 Å². The van der Waals surface area contributed by atoms with Gasteiger partial charge in [0.2, 0.25) is 15.9 Å². The Morgan fingerprint density at radius 1 is 1.19 bits per heavy atom. The van der Waals surface area contributed by atoms with Gasteiger partial charge >= 0.3 is 0 Å². The topological polar surface area (TPSA) is 69.7 Å². The lowest BCUT2D eigenvalue weighted by Crippen LogP contribution is -2.50. The summed E-state index contributed by atoms with van der Waals surface area (Å²) in [6.07, 6.45) is 0.721. The summed E-state index contributed by atoms with van der Waals surface area (Å²) >= 11 is 0. The highest BCUT2D eigenvalue weighted by molar-refractivity contribution is 7.89. The second-order valence-electron chi connectivity index (χ2n) is 7.40. The number of carbonyl (C=O) groups excluding carboxylic acids is 1. The molecular weight excluding hydrogens is 350 g/mol. The van der Waals surface area contributed by atoms with Gasteiger partial charge in [-0.2, -0.15) is 4.31 Å². The smallest absolute Gasteiger partial charge is 0.243 e. The monoisotopic (exact) mass is 381 g/mol. The first-order valence-electron chi connectivity index (χ1n) is 9.27. The predicted molar refractivity (Wildman–Crippen MR) is 104 cm³/mol. The summed E-state index contributed by atoms with van der Waals surface area (Å²) in [6.45, 7) is 11.0. The van der Waals surface area contributed by atoms with Crippen LogP contribution < -0.4 is 5.32 Å². The lowest BCUT2D eigenvalue weighted by Gasteiger charge is -2.30. The minimum absolute atomic E-state index is 0.0953. The fourth-order valence-corrected chi connectivity index (χ4v) is 4.36. The van der Waals surface area contributed by atoms with Crippen molar-refractivity contribution in [2.24, 2.45) is 5.92 Å². The zero-order valence-electron chi connectivity index (χ0n) is 16.3. The molecule has 1 amide bonds. The third kappa shape index (κ3) is 5.28. The van der Waals surface area contributed by atoms with Crippen molar-refractivity contribution in [3.8, 4) is 0 Å².